The van der Waals surface area contributed by atoms with Crippen LogP contribution in [0.2, 0.25) is 0 Å². The fraction of sp³-hybridized carbons (Fsp3) is 0.333. The van der Waals surface area contributed by atoms with E-state index in [4.69, 9.17) is 5.11 Å². The molecule has 0 aromatic heterocycles. The van der Waals surface area contributed by atoms with Gasteiger partial charge >= 0.3 is 0 Å². The lowest BCUT2D eigenvalue weighted by atomic mass is 10.2. The zero-order valence-electron chi connectivity index (χ0n) is 10.1. The molecular weight excluding hydrogens is 257 g/mol. The second-order valence-electron chi connectivity index (χ2n) is 3.88. The van der Waals surface area contributed by atoms with E-state index in [2.05, 4.69) is 16.6 Å². The highest BCUT2D eigenvalue weighted by atomic mass is 32.2. The number of sulfonamides is 1. The molecule has 0 aliphatic heterocycles. The summed E-state index contributed by atoms with van der Waals surface area (Å²) in [7, 11) is -3.71. The lowest BCUT2D eigenvalue weighted by Crippen LogP contribution is -2.30. The van der Waals surface area contributed by atoms with E-state index in [-0.39, 0.29) is 23.1 Å². The molecule has 0 bridgehead atoms. The van der Waals surface area contributed by atoms with E-state index in [1.807, 2.05) is 0 Å². The van der Waals surface area contributed by atoms with Crippen LogP contribution in [0, 0.1) is 17.7 Å². The largest absolute Gasteiger partial charge is 0.384 e. The average Bonchev–Trinajstić information content (AvgIpc) is 2.25. The monoisotopic (exact) mass is 271 g/mol. The summed E-state index contributed by atoms with van der Waals surface area (Å²) in [5.41, 5.74) is 0.0487. The second kappa shape index (κ2) is 5.96. The van der Waals surface area contributed by atoms with Crippen molar-refractivity contribution >= 4 is 10.0 Å². The molecule has 0 fully saturated rings. The number of rotatable bonds is 3. The van der Waals surface area contributed by atoms with Crippen molar-refractivity contribution in [2.45, 2.75) is 24.8 Å². The molecular formula is C12H14FNO3S. The van der Waals surface area contributed by atoms with Crippen molar-refractivity contribution in [3.05, 3.63) is 29.6 Å². The van der Waals surface area contributed by atoms with Gasteiger partial charge in [0.25, 0.3) is 0 Å². The highest BCUT2D eigenvalue weighted by Crippen LogP contribution is 2.14. The van der Waals surface area contributed by atoms with Crippen molar-refractivity contribution in [2.24, 2.45) is 0 Å². The van der Waals surface area contributed by atoms with Crippen LogP contribution in [-0.4, -0.2) is 26.2 Å². The molecule has 0 saturated heterocycles. The van der Waals surface area contributed by atoms with Crippen LogP contribution in [0.3, 0.4) is 0 Å². The van der Waals surface area contributed by atoms with Gasteiger partial charge in [-0.1, -0.05) is 11.8 Å². The molecule has 0 amide bonds. The third kappa shape index (κ3) is 3.81. The molecule has 1 rings (SSSR count). The fourth-order valence-corrected chi connectivity index (χ4v) is 2.54. The summed E-state index contributed by atoms with van der Waals surface area (Å²) in [6, 6.07) is 3.18. The highest BCUT2D eigenvalue weighted by Gasteiger charge is 2.16. The van der Waals surface area contributed by atoms with Gasteiger partial charge in [-0.3, -0.25) is 0 Å². The number of hydrogen-bond acceptors (Lipinski definition) is 3. The van der Waals surface area contributed by atoms with Crippen LogP contribution in [0.4, 0.5) is 4.39 Å². The van der Waals surface area contributed by atoms with Crippen LogP contribution < -0.4 is 4.72 Å². The van der Waals surface area contributed by atoms with Gasteiger partial charge in [0.2, 0.25) is 10.0 Å². The van der Waals surface area contributed by atoms with Crippen LogP contribution in [0.25, 0.3) is 0 Å². The third-order valence-electron chi connectivity index (χ3n) is 1.94. The molecule has 98 valence electrons. The van der Waals surface area contributed by atoms with Gasteiger partial charge in [0.15, 0.2) is 0 Å². The van der Waals surface area contributed by atoms with Crippen molar-refractivity contribution < 1.29 is 17.9 Å². The first kappa shape index (κ1) is 14.6. The van der Waals surface area contributed by atoms with Crippen LogP contribution in [0.5, 0.6) is 0 Å². The van der Waals surface area contributed by atoms with Crippen LogP contribution in [-0.2, 0) is 10.0 Å². The second-order valence-corrected chi connectivity index (χ2v) is 5.59. The van der Waals surface area contributed by atoms with Gasteiger partial charge in [0.1, 0.15) is 12.4 Å². The quantitative estimate of drug-likeness (QED) is 0.801. The predicted molar refractivity (Wildman–Crippen MR) is 65.8 cm³/mol. The lowest BCUT2D eigenvalue weighted by Gasteiger charge is -2.09. The Labute approximate surface area is 106 Å². The number of aliphatic hydroxyl groups excluding tert-OH is 1. The predicted octanol–water partition coefficient (Wildman–Crippen LogP) is 0.856. The number of halogens is 1. The number of nitrogens with one attached hydrogen (secondary N) is 1. The minimum Gasteiger partial charge on any atom is -0.384 e. The third-order valence-corrected chi connectivity index (χ3v) is 3.60. The molecule has 0 radical (unpaired) electrons. The molecule has 0 unspecified atom stereocenters. The lowest BCUT2D eigenvalue weighted by molar-refractivity contribution is 0.350. The molecule has 6 heteroatoms. The number of hydrogen-bond donors (Lipinski definition) is 2. The average molecular weight is 271 g/mol. The summed E-state index contributed by atoms with van der Waals surface area (Å²) in [5, 5.41) is 8.50. The fourth-order valence-electron chi connectivity index (χ4n) is 1.28. The number of benzene rings is 1. The van der Waals surface area contributed by atoms with Crippen LogP contribution >= 0.6 is 0 Å². The first-order chi connectivity index (χ1) is 8.36. The highest BCUT2D eigenvalue weighted by molar-refractivity contribution is 7.89. The Kier molecular flexibility index (Phi) is 4.84. The van der Waals surface area contributed by atoms with Crippen molar-refractivity contribution in [3.8, 4) is 11.8 Å². The van der Waals surface area contributed by atoms with E-state index in [9.17, 15) is 12.8 Å². The summed E-state index contributed by atoms with van der Waals surface area (Å²) in [6.07, 6.45) is 0. The maximum Gasteiger partial charge on any atom is 0.240 e. The summed E-state index contributed by atoms with van der Waals surface area (Å²) in [4.78, 5) is -0.150. The maximum atomic E-state index is 13.6. The Morgan fingerprint density at radius 3 is 2.61 bits per heavy atom. The normalized spacial score (nSPS) is 11.2. The standard InChI is InChI=1S/C12H14FNO3S/c1-9(2)14-18(16,17)11-6-5-10(4-3-7-15)12(13)8-11/h5-6,8-9,14-15H,7H2,1-2H3. The van der Waals surface area contributed by atoms with E-state index in [0.29, 0.717) is 0 Å². The van der Waals surface area contributed by atoms with Crippen molar-refractivity contribution in [2.75, 3.05) is 6.61 Å². The Hall–Kier alpha value is -1.42. The van der Waals surface area contributed by atoms with E-state index in [1.165, 1.54) is 12.1 Å². The summed E-state index contributed by atoms with van der Waals surface area (Å²) in [5.74, 6) is 3.95. The molecule has 0 atom stereocenters. The van der Waals surface area contributed by atoms with Crippen molar-refractivity contribution in [3.63, 3.8) is 0 Å². The smallest absolute Gasteiger partial charge is 0.240 e. The summed E-state index contributed by atoms with van der Waals surface area (Å²) < 4.78 is 39.5. The minimum atomic E-state index is -3.71. The van der Waals surface area contributed by atoms with E-state index >= 15 is 0 Å². The molecule has 0 aliphatic carbocycles. The van der Waals surface area contributed by atoms with Gasteiger partial charge in [-0.05, 0) is 32.0 Å². The SMILES string of the molecule is CC(C)NS(=O)(=O)c1ccc(C#CCO)c(F)c1. The van der Waals surface area contributed by atoms with Gasteiger partial charge in [-0.2, -0.15) is 0 Å². The zero-order chi connectivity index (χ0) is 13.8. The van der Waals surface area contributed by atoms with Gasteiger partial charge < -0.3 is 5.11 Å². The van der Waals surface area contributed by atoms with Crippen molar-refractivity contribution in [1.82, 2.24) is 4.72 Å². The maximum absolute atomic E-state index is 13.6. The molecule has 4 nitrogen and oxygen atoms in total. The Morgan fingerprint density at radius 1 is 1.44 bits per heavy atom. The first-order valence-corrected chi connectivity index (χ1v) is 6.76. The van der Waals surface area contributed by atoms with E-state index in [1.54, 1.807) is 13.8 Å². The van der Waals surface area contributed by atoms with Gasteiger partial charge in [0, 0.05) is 6.04 Å². The van der Waals surface area contributed by atoms with Gasteiger partial charge in [0.05, 0.1) is 10.5 Å². The van der Waals surface area contributed by atoms with Crippen LogP contribution in [0.1, 0.15) is 19.4 Å². The van der Waals surface area contributed by atoms with E-state index in [0.717, 1.165) is 6.07 Å². The van der Waals surface area contributed by atoms with Crippen molar-refractivity contribution in [1.29, 1.82) is 0 Å². The molecule has 2 N–H and O–H groups in total. The first-order valence-electron chi connectivity index (χ1n) is 5.28. The van der Waals surface area contributed by atoms with Crippen LogP contribution in [0.15, 0.2) is 23.1 Å². The molecule has 0 aliphatic rings. The molecule has 1 aromatic rings. The number of aliphatic hydroxyl groups is 1. The molecule has 0 spiro atoms. The summed E-state index contributed by atoms with van der Waals surface area (Å²) >= 11 is 0. The topological polar surface area (TPSA) is 66.4 Å². The molecule has 0 saturated carbocycles. The Morgan fingerprint density at radius 2 is 2.11 bits per heavy atom. The Balaban J connectivity index is 3.12. The Bertz CT molecular complexity index is 585. The van der Waals surface area contributed by atoms with Gasteiger partial charge in [-0.25, -0.2) is 17.5 Å². The van der Waals surface area contributed by atoms with Gasteiger partial charge in [-0.15, -0.1) is 0 Å². The zero-order valence-corrected chi connectivity index (χ0v) is 10.9. The molecule has 1 aromatic carbocycles. The minimum absolute atomic E-state index is 0.0487. The molecule has 18 heavy (non-hydrogen) atoms. The summed E-state index contributed by atoms with van der Waals surface area (Å²) in [6.45, 7) is 2.97. The van der Waals surface area contributed by atoms with E-state index < -0.39 is 15.8 Å². The molecule has 0 heterocycles.